The Morgan fingerprint density at radius 2 is 1.96 bits per heavy atom. The topological polar surface area (TPSA) is 46.8 Å². The third-order valence-electron chi connectivity index (χ3n) is 6.32. The molecule has 2 unspecified atom stereocenters. The lowest BCUT2D eigenvalue weighted by Gasteiger charge is -2.61. The van der Waals surface area contributed by atoms with Crippen LogP contribution in [0.3, 0.4) is 0 Å². The maximum atomic E-state index is 4.45. The Bertz CT molecular complexity index is 891. The van der Waals surface area contributed by atoms with Crippen molar-refractivity contribution in [2.75, 3.05) is 6.54 Å². The molecule has 2 aliphatic rings. The molecule has 1 aliphatic carbocycles. The lowest BCUT2D eigenvalue weighted by molar-refractivity contribution is -0.121. The Morgan fingerprint density at radius 3 is 2.78 bits per heavy atom. The minimum Gasteiger partial charge on any atom is -0.287 e. The number of pyridine rings is 1. The lowest BCUT2D eigenvalue weighted by atomic mass is 9.61. The second-order valence-electron chi connectivity index (χ2n) is 7.88. The maximum absolute atomic E-state index is 4.45. The van der Waals surface area contributed by atoms with Crippen LogP contribution in [0.2, 0.25) is 0 Å². The Labute approximate surface area is 160 Å². The van der Waals surface area contributed by atoms with E-state index in [0.717, 1.165) is 23.7 Å². The summed E-state index contributed by atoms with van der Waals surface area (Å²) in [6.07, 6.45) is 11.0. The van der Waals surface area contributed by atoms with Crippen molar-refractivity contribution in [1.29, 1.82) is 0 Å². The molecular formula is C22H25N5. The molecule has 2 aromatic heterocycles. The highest BCUT2D eigenvalue weighted by molar-refractivity contribution is 5.30. The Kier molecular flexibility index (Phi) is 4.24. The van der Waals surface area contributed by atoms with Crippen molar-refractivity contribution >= 4 is 0 Å². The molecule has 27 heavy (non-hydrogen) atoms. The maximum Gasteiger partial charge on any atom is 0.0967 e. The van der Waals surface area contributed by atoms with Crippen LogP contribution in [0.5, 0.6) is 0 Å². The number of benzene rings is 1. The van der Waals surface area contributed by atoms with Crippen LogP contribution in [0.25, 0.3) is 0 Å². The van der Waals surface area contributed by atoms with Crippen LogP contribution in [-0.4, -0.2) is 31.4 Å². The molecule has 3 aromatic rings. The van der Waals surface area contributed by atoms with Crippen LogP contribution in [0.1, 0.15) is 42.5 Å². The number of hydrogen-bond acceptors (Lipinski definition) is 4. The number of rotatable bonds is 5. The molecule has 2 fully saturated rings. The second kappa shape index (κ2) is 6.89. The summed E-state index contributed by atoms with van der Waals surface area (Å²) in [5.74, 6) is 0.777. The minimum absolute atomic E-state index is 0.201. The molecule has 3 heterocycles. The first-order chi connectivity index (χ1) is 13.3. The number of nitrogens with zero attached hydrogens (tertiary/aromatic N) is 5. The van der Waals surface area contributed by atoms with E-state index >= 15 is 0 Å². The van der Waals surface area contributed by atoms with Crippen molar-refractivity contribution in [3.05, 3.63) is 77.9 Å². The molecule has 1 aromatic carbocycles. The van der Waals surface area contributed by atoms with Crippen LogP contribution < -0.4 is 0 Å². The van der Waals surface area contributed by atoms with Crippen LogP contribution in [0.4, 0.5) is 0 Å². The van der Waals surface area contributed by atoms with Crippen molar-refractivity contribution in [1.82, 2.24) is 24.9 Å². The van der Waals surface area contributed by atoms with Crippen molar-refractivity contribution in [2.45, 2.75) is 44.3 Å². The van der Waals surface area contributed by atoms with E-state index in [4.69, 9.17) is 0 Å². The van der Waals surface area contributed by atoms with E-state index in [-0.39, 0.29) is 5.54 Å². The summed E-state index contributed by atoms with van der Waals surface area (Å²) in [6.45, 7) is 2.76. The number of hydrogen-bond donors (Lipinski definition) is 0. The highest BCUT2D eigenvalue weighted by Crippen LogP contribution is 2.54. The smallest absolute Gasteiger partial charge is 0.0967 e. The number of fused-ring (bicyclic) bond motifs is 1. The Balaban J connectivity index is 1.35. The summed E-state index contributed by atoms with van der Waals surface area (Å²) in [5, 5.41) is 8.78. The lowest BCUT2D eigenvalue weighted by Crippen LogP contribution is -2.65. The van der Waals surface area contributed by atoms with Crippen LogP contribution in [-0.2, 0) is 18.6 Å². The van der Waals surface area contributed by atoms with Crippen molar-refractivity contribution in [3.8, 4) is 0 Å². The molecule has 1 saturated carbocycles. The molecule has 5 nitrogen and oxygen atoms in total. The van der Waals surface area contributed by atoms with Gasteiger partial charge in [0.25, 0.3) is 0 Å². The highest BCUT2D eigenvalue weighted by atomic mass is 15.4. The van der Waals surface area contributed by atoms with E-state index in [1.54, 1.807) is 6.20 Å². The molecule has 0 amide bonds. The molecule has 138 valence electrons. The fourth-order valence-corrected chi connectivity index (χ4v) is 5.06. The fraction of sp³-hybridized carbons (Fsp3) is 0.409. The van der Waals surface area contributed by atoms with Crippen molar-refractivity contribution < 1.29 is 0 Å². The second-order valence-corrected chi connectivity index (χ2v) is 7.88. The number of likely N-dealkylation sites (tertiary alicyclic amines) is 1. The van der Waals surface area contributed by atoms with Gasteiger partial charge in [0.05, 0.1) is 24.0 Å². The van der Waals surface area contributed by atoms with Gasteiger partial charge in [-0.2, -0.15) is 0 Å². The summed E-state index contributed by atoms with van der Waals surface area (Å²) in [4.78, 5) is 6.81. The van der Waals surface area contributed by atoms with E-state index < -0.39 is 0 Å². The molecule has 1 saturated heterocycles. The van der Waals surface area contributed by atoms with Gasteiger partial charge < -0.3 is 0 Å². The standard InChI is InChI=1S/C22H25N5/c1-2-8-19(9-3-1)22-11-5-4-10-20(22)15-26(22)16-21-17-27(25-24-21)14-18-7-6-12-23-13-18/h1-3,6-9,12-13,17,20H,4-5,10-11,14-16H2. The van der Waals surface area contributed by atoms with Gasteiger partial charge in [0.2, 0.25) is 0 Å². The average molecular weight is 359 g/mol. The summed E-state index contributed by atoms with van der Waals surface area (Å²) >= 11 is 0. The summed E-state index contributed by atoms with van der Waals surface area (Å²) in [7, 11) is 0. The average Bonchev–Trinajstić information content (AvgIpc) is 3.15. The van der Waals surface area contributed by atoms with Gasteiger partial charge in [0.1, 0.15) is 0 Å². The monoisotopic (exact) mass is 359 g/mol. The third kappa shape index (κ3) is 2.96. The van der Waals surface area contributed by atoms with Gasteiger partial charge in [0.15, 0.2) is 0 Å². The molecular weight excluding hydrogens is 334 g/mol. The van der Waals surface area contributed by atoms with Crippen molar-refractivity contribution in [3.63, 3.8) is 0 Å². The van der Waals surface area contributed by atoms with E-state index in [0.29, 0.717) is 6.54 Å². The van der Waals surface area contributed by atoms with Crippen molar-refractivity contribution in [2.24, 2.45) is 5.92 Å². The largest absolute Gasteiger partial charge is 0.287 e. The normalized spacial score (nSPS) is 25.0. The van der Waals surface area contributed by atoms with Gasteiger partial charge in [-0.15, -0.1) is 5.10 Å². The molecule has 1 aliphatic heterocycles. The summed E-state index contributed by atoms with van der Waals surface area (Å²) < 4.78 is 1.92. The Morgan fingerprint density at radius 1 is 1.04 bits per heavy atom. The zero-order valence-corrected chi connectivity index (χ0v) is 15.5. The fourth-order valence-electron chi connectivity index (χ4n) is 5.06. The van der Waals surface area contributed by atoms with Gasteiger partial charge in [-0.3, -0.25) is 9.88 Å². The zero-order chi connectivity index (χ0) is 18.1. The van der Waals surface area contributed by atoms with E-state index in [1.165, 1.54) is 37.8 Å². The first-order valence-electron chi connectivity index (χ1n) is 9.93. The minimum atomic E-state index is 0.201. The van der Waals surface area contributed by atoms with Gasteiger partial charge in [-0.25, -0.2) is 4.68 Å². The predicted molar refractivity (Wildman–Crippen MR) is 104 cm³/mol. The summed E-state index contributed by atoms with van der Waals surface area (Å²) in [6, 6.07) is 15.1. The van der Waals surface area contributed by atoms with Crippen LogP contribution in [0.15, 0.2) is 61.1 Å². The Hall–Kier alpha value is -2.53. The third-order valence-corrected chi connectivity index (χ3v) is 6.32. The SMILES string of the molecule is c1ccc(C23CCCCC2CN3Cc2cn(Cc3cccnc3)nn2)cc1. The highest BCUT2D eigenvalue weighted by Gasteiger charge is 2.54. The molecule has 5 heteroatoms. The molecule has 0 radical (unpaired) electrons. The van der Waals surface area contributed by atoms with E-state index in [1.807, 2.05) is 16.9 Å². The zero-order valence-electron chi connectivity index (χ0n) is 15.5. The molecule has 5 rings (SSSR count). The molecule has 2 atom stereocenters. The van der Waals surface area contributed by atoms with Crippen LogP contribution in [0, 0.1) is 5.92 Å². The van der Waals surface area contributed by atoms with Gasteiger partial charge >= 0.3 is 0 Å². The van der Waals surface area contributed by atoms with Gasteiger partial charge in [-0.1, -0.05) is 54.5 Å². The van der Waals surface area contributed by atoms with Crippen LogP contribution >= 0.6 is 0 Å². The predicted octanol–water partition coefficient (Wildman–Crippen LogP) is 3.62. The molecule has 0 N–H and O–H groups in total. The first-order valence-corrected chi connectivity index (χ1v) is 9.93. The number of aromatic nitrogens is 4. The quantitative estimate of drug-likeness (QED) is 0.698. The van der Waals surface area contributed by atoms with E-state index in [9.17, 15) is 0 Å². The molecule has 0 spiro atoms. The molecule has 0 bridgehead atoms. The van der Waals surface area contributed by atoms with Gasteiger partial charge in [0, 0.05) is 25.5 Å². The van der Waals surface area contributed by atoms with E-state index in [2.05, 4.69) is 62.8 Å². The van der Waals surface area contributed by atoms with Gasteiger partial charge in [-0.05, 0) is 36.0 Å². The summed E-state index contributed by atoms with van der Waals surface area (Å²) in [5.41, 5.74) is 3.88. The first kappa shape index (κ1) is 16.6.